The van der Waals surface area contributed by atoms with Gasteiger partial charge in [-0.1, -0.05) is 0 Å². The number of hydrogen-bond acceptors (Lipinski definition) is 8. The van der Waals surface area contributed by atoms with Gasteiger partial charge in [-0.3, -0.25) is 9.11 Å². The third-order valence-corrected chi connectivity index (χ3v) is 10.5. The molecule has 202 valence electrons. The molecule has 3 aliphatic rings. The van der Waals surface area contributed by atoms with Crippen LogP contribution >= 0.6 is 22.8 Å². The first-order chi connectivity index (χ1) is 17.8. The molecule has 0 radical (unpaired) electrons. The smallest absolute Gasteiger partial charge is 0.170 e. The van der Waals surface area contributed by atoms with E-state index >= 15 is 0 Å². The molecule has 5 N–H and O–H groups in total. The maximum Gasteiger partial charge on any atom is 0.170 e. The molecule has 2 saturated carbocycles. The summed E-state index contributed by atoms with van der Waals surface area (Å²) in [6.45, 7) is 3.96. The highest BCUT2D eigenvalue weighted by atomic mass is 32.3. The number of ether oxygens (including phenoxy) is 1. The minimum atomic E-state index is -2.98. The van der Waals surface area contributed by atoms with E-state index in [1.807, 2.05) is 30.3 Å². The summed E-state index contributed by atoms with van der Waals surface area (Å²) in [4.78, 5) is 12.0. The minimum Gasteiger partial charge on any atom is -0.396 e. The number of nitrogens with zero attached hydrogens (tertiary/aromatic N) is 3. The Morgan fingerprint density at radius 1 is 1.22 bits per heavy atom. The number of anilines is 2. The van der Waals surface area contributed by atoms with Crippen LogP contribution in [0, 0.1) is 0 Å². The molecule has 1 aromatic heterocycles. The minimum absolute atomic E-state index is 0.0719. The number of aromatic nitrogens is 2. The number of hydrogen-bond donors (Lipinski definition) is 5. The number of aliphatic hydroxyl groups excluding tert-OH is 1. The van der Waals surface area contributed by atoms with E-state index in [2.05, 4.69) is 22.5 Å². The van der Waals surface area contributed by atoms with Crippen LogP contribution in [-0.4, -0.2) is 73.5 Å². The molecule has 5 rings (SSSR count). The van der Waals surface area contributed by atoms with E-state index in [1.54, 1.807) is 0 Å². The van der Waals surface area contributed by atoms with Gasteiger partial charge in [0.25, 0.3) is 0 Å². The van der Waals surface area contributed by atoms with Crippen LogP contribution in [0.3, 0.4) is 0 Å². The van der Waals surface area contributed by atoms with Gasteiger partial charge in [0.05, 0.1) is 24.9 Å². The zero-order valence-corrected chi connectivity index (χ0v) is 22.9. The predicted octanol–water partition coefficient (Wildman–Crippen LogP) is 4.33. The topological polar surface area (TPSA) is 123 Å². The Morgan fingerprint density at radius 2 is 1.97 bits per heavy atom. The average Bonchev–Trinajstić information content (AvgIpc) is 3.69. The van der Waals surface area contributed by atoms with Crippen LogP contribution < -0.4 is 15.5 Å². The van der Waals surface area contributed by atoms with E-state index in [1.165, 1.54) is 6.42 Å². The van der Waals surface area contributed by atoms with Gasteiger partial charge >= 0.3 is 0 Å². The van der Waals surface area contributed by atoms with Gasteiger partial charge < -0.3 is 25.4 Å². The molecule has 3 fully saturated rings. The van der Waals surface area contributed by atoms with E-state index in [-0.39, 0.29) is 18.4 Å². The highest BCUT2D eigenvalue weighted by Gasteiger charge is 2.56. The van der Waals surface area contributed by atoms with E-state index < -0.39 is 15.3 Å². The van der Waals surface area contributed by atoms with E-state index in [4.69, 9.17) is 26.9 Å². The lowest BCUT2D eigenvalue weighted by Gasteiger charge is -2.41. The van der Waals surface area contributed by atoms with Crippen molar-refractivity contribution in [2.75, 3.05) is 42.3 Å². The molecule has 1 saturated heterocycles. The molecule has 2 heterocycles. The van der Waals surface area contributed by atoms with Crippen molar-refractivity contribution < 1.29 is 18.9 Å². The third kappa shape index (κ3) is 5.71. The Bertz CT molecular complexity index is 1110. The summed E-state index contributed by atoms with van der Waals surface area (Å²) in [6.07, 6.45) is 5.22. The lowest BCUT2D eigenvalue weighted by Crippen LogP contribution is -2.44. The Labute approximate surface area is 225 Å². The van der Waals surface area contributed by atoms with Crippen molar-refractivity contribution in [2.45, 2.75) is 62.3 Å². The molecule has 2 aliphatic carbocycles. The largest absolute Gasteiger partial charge is 0.396 e. The number of thiocarbonyl (C=S) groups is 1. The molecular weight excluding hydrogens is 510 g/mol. The number of nitrogens with one attached hydrogen (secondary N) is 2. The highest BCUT2D eigenvalue weighted by Crippen LogP contribution is 2.71. The van der Waals surface area contributed by atoms with Crippen molar-refractivity contribution in [3.63, 3.8) is 0 Å². The van der Waals surface area contributed by atoms with Crippen LogP contribution in [0.5, 0.6) is 0 Å². The first-order valence-corrected chi connectivity index (χ1v) is 15.2. The van der Waals surface area contributed by atoms with Gasteiger partial charge in [0.15, 0.2) is 10.9 Å². The van der Waals surface area contributed by atoms with Crippen molar-refractivity contribution in [1.29, 1.82) is 0 Å². The van der Waals surface area contributed by atoms with Gasteiger partial charge in [-0.25, -0.2) is 9.97 Å². The summed E-state index contributed by atoms with van der Waals surface area (Å²) in [5.74, 6) is 1.49. The number of benzene rings is 1. The van der Waals surface area contributed by atoms with Crippen LogP contribution in [0.4, 0.5) is 11.5 Å². The molecule has 1 atom stereocenters. The molecule has 11 heteroatoms. The van der Waals surface area contributed by atoms with Crippen molar-refractivity contribution in [3.05, 3.63) is 36.0 Å². The molecular formula is C26H37N5O4S2. The van der Waals surface area contributed by atoms with Gasteiger partial charge in [-0.05, 0) is 81.9 Å². The van der Waals surface area contributed by atoms with E-state index in [0.29, 0.717) is 61.7 Å². The highest BCUT2D eigenvalue weighted by molar-refractivity contribution is 8.25. The fraction of sp³-hybridized carbons (Fsp3) is 0.577. The molecule has 0 amide bonds. The van der Waals surface area contributed by atoms with Crippen molar-refractivity contribution in [1.82, 2.24) is 15.3 Å². The number of rotatable bonds is 9. The van der Waals surface area contributed by atoms with Crippen LogP contribution in [0.25, 0.3) is 11.4 Å². The Balaban J connectivity index is 1.44. The first-order valence-electron chi connectivity index (χ1n) is 13.1. The summed E-state index contributed by atoms with van der Waals surface area (Å²) in [5.41, 5.74) is 2.39. The molecule has 0 bridgehead atoms. The average molecular weight is 548 g/mol. The zero-order valence-electron chi connectivity index (χ0n) is 21.2. The molecule has 1 aliphatic heterocycles. The fourth-order valence-electron chi connectivity index (χ4n) is 4.94. The maximum absolute atomic E-state index is 11.1. The van der Waals surface area contributed by atoms with Crippen LogP contribution in [0.15, 0.2) is 30.3 Å². The lowest BCUT2D eigenvalue weighted by atomic mass is 9.93. The second kappa shape index (κ2) is 11.0. The first kappa shape index (κ1) is 26.6. The van der Waals surface area contributed by atoms with Gasteiger partial charge in [0.1, 0.15) is 10.6 Å². The quantitative estimate of drug-likeness (QED) is 0.290. The molecule has 2 aromatic rings. The Kier molecular flexibility index (Phi) is 7.90. The van der Waals surface area contributed by atoms with Crippen molar-refractivity contribution in [2.24, 2.45) is 0 Å². The molecule has 0 spiro atoms. The van der Waals surface area contributed by atoms with Gasteiger partial charge in [0.2, 0.25) is 0 Å². The van der Waals surface area contributed by atoms with Crippen LogP contribution in [0.2, 0.25) is 0 Å². The van der Waals surface area contributed by atoms with Crippen molar-refractivity contribution in [3.8, 4) is 11.4 Å². The Morgan fingerprint density at radius 3 is 2.59 bits per heavy atom. The monoisotopic (exact) mass is 547 g/mol. The molecule has 9 nitrogen and oxygen atoms in total. The summed E-state index contributed by atoms with van der Waals surface area (Å²) in [5, 5.41) is 16.5. The SMILES string of the molecule is C[C@H]1COCCN1c1cc(C2(S(O)(O)CCCO)CC2)nc(-c2ccc(NC(=S)NC3CCC3)cc2)n1. The van der Waals surface area contributed by atoms with Gasteiger partial charge in [-0.2, -0.15) is 10.6 Å². The lowest BCUT2D eigenvalue weighted by molar-refractivity contribution is 0.0985. The van der Waals surface area contributed by atoms with Crippen molar-refractivity contribution >= 4 is 39.4 Å². The summed E-state index contributed by atoms with van der Waals surface area (Å²) in [6, 6.07) is 10.4. The van der Waals surface area contributed by atoms with E-state index in [0.717, 1.165) is 29.9 Å². The zero-order chi connectivity index (χ0) is 26.0. The summed E-state index contributed by atoms with van der Waals surface area (Å²) >= 11 is 5.45. The summed E-state index contributed by atoms with van der Waals surface area (Å²) < 4.78 is 27.1. The maximum atomic E-state index is 11.1. The number of aliphatic hydroxyl groups is 1. The second-order valence-electron chi connectivity index (χ2n) is 10.3. The fourth-order valence-corrected chi connectivity index (χ4v) is 7.35. The normalized spacial score (nSPS) is 21.7. The van der Waals surface area contributed by atoms with E-state index in [9.17, 15) is 14.2 Å². The number of morpholine rings is 1. The molecule has 37 heavy (non-hydrogen) atoms. The van der Waals surface area contributed by atoms with Crippen LogP contribution in [-0.2, 0) is 9.48 Å². The summed E-state index contributed by atoms with van der Waals surface area (Å²) in [7, 11) is -2.98. The predicted molar refractivity (Wildman–Crippen MR) is 152 cm³/mol. The van der Waals surface area contributed by atoms with Gasteiger partial charge in [-0.15, -0.1) is 0 Å². The second-order valence-corrected chi connectivity index (χ2v) is 13.2. The standard InChI is InChI=1S/C26H37N5O4S2/c1-18-17-35-14-12-31(18)23-16-22(26(10-11-26)37(33,34)15-3-13-32)29-24(30-23)19-6-8-21(9-7-19)28-25(36)27-20-4-2-5-20/h6-9,16,18,20,32-34H,2-5,10-15,17H2,1H3,(H2,27,28,36)/t18-/m0/s1. The van der Waals surface area contributed by atoms with Crippen LogP contribution in [0.1, 0.15) is 51.1 Å². The molecule has 0 unspecified atom stereocenters. The van der Waals surface area contributed by atoms with Gasteiger partial charge in [0, 0.05) is 42.3 Å². The third-order valence-electron chi connectivity index (χ3n) is 7.60. The Hall–Kier alpha value is -2.02. The molecule has 1 aromatic carbocycles.